The Hall–Kier alpha value is -2.46. The molecule has 9 nitrogen and oxygen atoms in total. The summed E-state index contributed by atoms with van der Waals surface area (Å²) in [6.07, 6.45) is 2.54. The van der Waals surface area contributed by atoms with E-state index in [9.17, 15) is 19.8 Å². The zero-order valence-electron chi connectivity index (χ0n) is 18.8. The third-order valence-electron chi connectivity index (χ3n) is 6.54. The van der Waals surface area contributed by atoms with Crippen LogP contribution in [0.1, 0.15) is 43.5 Å². The van der Waals surface area contributed by atoms with Crippen LogP contribution in [0.3, 0.4) is 0 Å². The Kier molecular flexibility index (Phi) is 6.76. The molecule has 1 aromatic carbocycles. The number of hydrogen-bond donors (Lipinski definition) is 2. The molecule has 0 unspecified atom stereocenters. The second kappa shape index (κ2) is 9.42. The standard InChI is InChI=1S/C23H29ClN4O5/c1-26-19-18(20(30)27(22(26)31)12-3-13-29)28(14-15-4-6-16(24)7-5-15)21(25-19)23(32)10-8-17(33-2)9-11-23/h4-7,17,29,32H,3,8-14H2,1-2H3. The number of benzene rings is 1. The maximum absolute atomic E-state index is 13.5. The molecule has 3 aromatic rings. The Balaban J connectivity index is 1.93. The highest BCUT2D eigenvalue weighted by molar-refractivity contribution is 6.30. The van der Waals surface area contributed by atoms with Crippen molar-refractivity contribution in [3.63, 3.8) is 0 Å². The number of aryl methyl sites for hydroxylation is 1. The molecule has 1 fully saturated rings. The van der Waals surface area contributed by atoms with Crippen LogP contribution < -0.4 is 11.2 Å². The van der Waals surface area contributed by atoms with Crippen molar-refractivity contribution in [2.24, 2.45) is 7.05 Å². The van der Waals surface area contributed by atoms with E-state index in [0.717, 1.165) is 10.1 Å². The second-order valence-corrected chi connectivity index (χ2v) is 9.10. The molecule has 1 aliphatic carbocycles. The normalized spacial score (nSPS) is 21.1. The molecule has 2 N–H and O–H groups in total. The highest BCUT2D eigenvalue weighted by Crippen LogP contribution is 2.38. The van der Waals surface area contributed by atoms with Gasteiger partial charge in [0.25, 0.3) is 5.56 Å². The lowest BCUT2D eigenvalue weighted by Gasteiger charge is -2.35. The lowest BCUT2D eigenvalue weighted by molar-refractivity contribution is -0.0544. The summed E-state index contributed by atoms with van der Waals surface area (Å²) in [5.74, 6) is 0.369. The van der Waals surface area contributed by atoms with E-state index in [2.05, 4.69) is 4.98 Å². The summed E-state index contributed by atoms with van der Waals surface area (Å²) in [6.45, 7) is 0.245. The number of hydrogen-bond acceptors (Lipinski definition) is 6. The average Bonchev–Trinajstić information content (AvgIpc) is 3.20. The number of ether oxygens (including phenoxy) is 1. The Morgan fingerprint density at radius 2 is 1.85 bits per heavy atom. The van der Waals surface area contributed by atoms with E-state index in [1.807, 2.05) is 12.1 Å². The van der Waals surface area contributed by atoms with Crippen LogP contribution in [0.25, 0.3) is 11.2 Å². The number of aromatic nitrogens is 4. The summed E-state index contributed by atoms with van der Waals surface area (Å²) in [5.41, 5.74) is -0.871. The molecule has 10 heteroatoms. The SMILES string of the molecule is COC1CCC(O)(c2nc3c(c(=O)n(CCCO)c(=O)n3C)n2Cc2ccc(Cl)cc2)CC1. The van der Waals surface area contributed by atoms with Crippen LogP contribution in [-0.2, 0) is 30.5 Å². The zero-order valence-corrected chi connectivity index (χ0v) is 19.6. The van der Waals surface area contributed by atoms with Gasteiger partial charge in [0.15, 0.2) is 11.2 Å². The van der Waals surface area contributed by atoms with E-state index in [1.165, 1.54) is 4.57 Å². The molecule has 0 atom stereocenters. The van der Waals surface area contributed by atoms with Gasteiger partial charge < -0.3 is 19.5 Å². The van der Waals surface area contributed by atoms with Gasteiger partial charge in [-0.15, -0.1) is 0 Å². The first-order valence-corrected chi connectivity index (χ1v) is 11.5. The monoisotopic (exact) mass is 476 g/mol. The van der Waals surface area contributed by atoms with Gasteiger partial charge in [0.1, 0.15) is 11.4 Å². The average molecular weight is 477 g/mol. The van der Waals surface area contributed by atoms with Crippen LogP contribution >= 0.6 is 11.6 Å². The van der Waals surface area contributed by atoms with Crippen LogP contribution in [0.5, 0.6) is 0 Å². The molecule has 0 bridgehead atoms. The van der Waals surface area contributed by atoms with Crippen LogP contribution in [0.15, 0.2) is 33.9 Å². The molecule has 33 heavy (non-hydrogen) atoms. The minimum Gasteiger partial charge on any atom is -0.396 e. The van der Waals surface area contributed by atoms with Gasteiger partial charge in [-0.1, -0.05) is 23.7 Å². The van der Waals surface area contributed by atoms with E-state index in [0.29, 0.717) is 36.5 Å². The van der Waals surface area contributed by atoms with E-state index >= 15 is 0 Å². The predicted octanol–water partition coefficient (Wildman–Crippen LogP) is 1.76. The van der Waals surface area contributed by atoms with Crippen molar-refractivity contribution in [1.82, 2.24) is 18.7 Å². The molecule has 1 aliphatic rings. The fourth-order valence-corrected chi connectivity index (χ4v) is 4.73. The van der Waals surface area contributed by atoms with E-state index in [-0.39, 0.29) is 43.4 Å². The van der Waals surface area contributed by atoms with Crippen molar-refractivity contribution in [3.05, 3.63) is 61.5 Å². The highest BCUT2D eigenvalue weighted by Gasteiger charge is 2.40. The minimum atomic E-state index is -1.25. The van der Waals surface area contributed by atoms with Crippen molar-refractivity contribution < 1.29 is 14.9 Å². The van der Waals surface area contributed by atoms with Gasteiger partial charge in [0.2, 0.25) is 0 Å². The van der Waals surface area contributed by atoms with Crippen molar-refractivity contribution in [2.45, 2.75) is 56.9 Å². The van der Waals surface area contributed by atoms with E-state index in [1.54, 1.807) is 30.9 Å². The summed E-state index contributed by atoms with van der Waals surface area (Å²) in [6, 6.07) is 7.25. The van der Waals surface area contributed by atoms with Gasteiger partial charge in [-0.05, 0) is 49.8 Å². The van der Waals surface area contributed by atoms with Gasteiger partial charge in [-0.2, -0.15) is 0 Å². The highest BCUT2D eigenvalue weighted by atomic mass is 35.5. The van der Waals surface area contributed by atoms with Gasteiger partial charge in [0, 0.05) is 38.9 Å². The van der Waals surface area contributed by atoms with Crippen LogP contribution in [-0.4, -0.2) is 48.7 Å². The van der Waals surface area contributed by atoms with Crippen LogP contribution in [0.4, 0.5) is 0 Å². The molecule has 178 valence electrons. The number of halogens is 1. The summed E-state index contributed by atoms with van der Waals surface area (Å²) in [5, 5.41) is 21.4. The molecular formula is C23H29ClN4O5. The maximum Gasteiger partial charge on any atom is 0.332 e. The number of aliphatic hydroxyl groups is 2. The number of nitrogens with zero attached hydrogens (tertiary/aromatic N) is 4. The van der Waals surface area contributed by atoms with Gasteiger partial charge >= 0.3 is 5.69 Å². The van der Waals surface area contributed by atoms with Crippen molar-refractivity contribution in [3.8, 4) is 0 Å². The topological polar surface area (TPSA) is 112 Å². The molecule has 4 rings (SSSR count). The molecule has 0 spiro atoms. The quantitative estimate of drug-likeness (QED) is 0.537. The van der Waals surface area contributed by atoms with E-state index < -0.39 is 16.9 Å². The predicted molar refractivity (Wildman–Crippen MR) is 125 cm³/mol. The number of fused-ring (bicyclic) bond motifs is 1. The lowest BCUT2D eigenvalue weighted by Crippen LogP contribution is -2.40. The minimum absolute atomic E-state index is 0.0689. The largest absolute Gasteiger partial charge is 0.396 e. The van der Waals surface area contributed by atoms with Gasteiger partial charge in [-0.3, -0.25) is 13.9 Å². The molecular weight excluding hydrogens is 448 g/mol. The van der Waals surface area contributed by atoms with Crippen LogP contribution in [0.2, 0.25) is 5.02 Å². The first-order valence-electron chi connectivity index (χ1n) is 11.1. The summed E-state index contributed by atoms with van der Waals surface area (Å²) < 4.78 is 9.63. The Bertz CT molecular complexity index is 1250. The molecule has 2 heterocycles. The third-order valence-corrected chi connectivity index (χ3v) is 6.79. The first kappa shape index (κ1) is 23.7. The molecule has 2 aromatic heterocycles. The fraction of sp³-hybridized carbons (Fsp3) is 0.522. The van der Waals surface area contributed by atoms with Crippen LogP contribution in [0, 0.1) is 0 Å². The summed E-state index contributed by atoms with van der Waals surface area (Å²) in [7, 11) is 3.23. The molecule has 0 amide bonds. The Morgan fingerprint density at radius 3 is 2.45 bits per heavy atom. The summed E-state index contributed by atoms with van der Waals surface area (Å²) >= 11 is 6.04. The van der Waals surface area contributed by atoms with Gasteiger partial charge in [-0.25, -0.2) is 9.78 Å². The van der Waals surface area contributed by atoms with Crippen molar-refractivity contribution in [1.29, 1.82) is 0 Å². The summed E-state index contributed by atoms with van der Waals surface area (Å²) in [4.78, 5) is 31.0. The van der Waals surface area contributed by atoms with Crippen molar-refractivity contribution in [2.75, 3.05) is 13.7 Å². The molecule has 0 radical (unpaired) electrons. The van der Waals surface area contributed by atoms with Crippen molar-refractivity contribution >= 4 is 22.8 Å². The molecule has 0 aliphatic heterocycles. The molecule has 1 saturated carbocycles. The van der Waals surface area contributed by atoms with E-state index in [4.69, 9.17) is 16.3 Å². The fourth-order valence-electron chi connectivity index (χ4n) is 4.61. The lowest BCUT2D eigenvalue weighted by atomic mass is 9.82. The number of rotatable bonds is 7. The number of imidazole rings is 1. The zero-order chi connectivity index (χ0) is 23.8. The number of aliphatic hydroxyl groups excluding tert-OH is 1. The Labute approximate surface area is 195 Å². The van der Waals surface area contributed by atoms with Gasteiger partial charge in [0.05, 0.1) is 6.10 Å². The maximum atomic E-state index is 13.5. The smallest absolute Gasteiger partial charge is 0.332 e. The third kappa shape index (κ3) is 4.38. The second-order valence-electron chi connectivity index (χ2n) is 8.66. The first-order chi connectivity index (χ1) is 15.8. The molecule has 0 saturated heterocycles. The number of methoxy groups -OCH3 is 1. The Morgan fingerprint density at radius 1 is 1.18 bits per heavy atom.